The number of hydrogen-bond acceptors (Lipinski definition) is 4. The Kier molecular flexibility index (Phi) is 4.99. The number of carbonyl (C=O) groups is 1. The predicted octanol–water partition coefficient (Wildman–Crippen LogP) is 2.23. The number of hydrogen-bond donors (Lipinski definition) is 1. The van der Waals surface area contributed by atoms with E-state index >= 15 is 0 Å². The topological polar surface area (TPSA) is 54.9 Å². The van der Waals surface area contributed by atoms with Gasteiger partial charge in [0.15, 0.2) is 0 Å². The van der Waals surface area contributed by atoms with Crippen molar-refractivity contribution in [1.29, 1.82) is 0 Å². The summed E-state index contributed by atoms with van der Waals surface area (Å²) in [6.07, 6.45) is 6.81. The van der Waals surface area contributed by atoms with Crippen LogP contribution in [0.3, 0.4) is 0 Å². The van der Waals surface area contributed by atoms with Crippen molar-refractivity contribution in [2.45, 2.75) is 32.1 Å². The molecule has 98 valence electrons. The Balaban J connectivity index is 1.74. The average Bonchev–Trinajstić information content (AvgIpc) is 3.23. The molecule has 18 heavy (non-hydrogen) atoms. The predicted molar refractivity (Wildman–Crippen MR) is 74.0 cm³/mol. The number of thioether (sulfide) groups is 1. The summed E-state index contributed by atoms with van der Waals surface area (Å²) in [6.45, 7) is 2.86. The number of carbonyl (C=O) groups excluding carboxylic acids is 1. The van der Waals surface area contributed by atoms with Crippen molar-refractivity contribution in [3.8, 4) is 0 Å². The van der Waals surface area contributed by atoms with Crippen molar-refractivity contribution in [3.05, 3.63) is 23.8 Å². The van der Waals surface area contributed by atoms with E-state index in [1.807, 2.05) is 11.8 Å². The fraction of sp³-hybridized carbons (Fsp3) is 0.615. The fourth-order valence-electron chi connectivity index (χ4n) is 1.59. The highest BCUT2D eigenvalue weighted by Crippen LogP contribution is 2.37. The van der Waals surface area contributed by atoms with Crippen molar-refractivity contribution in [1.82, 2.24) is 15.3 Å². The van der Waals surface area contributed by atoms with Gasteiger partial charge >= 0.3 is 0 Å². The number of nitrogens with one attached hydrogen (secondary N) is 1. The van der Waals surface area contributed by atoms with Gasteiger partial charge in [-0.2, -0.15) is 11.8 Å². The molecule has 0 aromatic carbocycles. The van der Waals surface area contributed by atoms with E-state index in [4.69, 9.17) is 0 Å². The highest BCUT2D eigenvalue weighted by atomic mass is 32.2. The molecule has 1 aliphatic rings. The first-order valence-corrected chi connectivity index (χ1v) is 7.64. The van der Waals surface area contributed by atoms with E-state index in [-0.39, 0.29) is 5.91 Å². The standard InChI is InChI=1S/C13H19N3OS/c1-2-6-18-7-5-14-13(17)11-8-15-12(16-9-11)10-3-4-10/h8-10H,2-7H2,1H3,(H,14,17). The second-order valence-corrected chi connectivity index (χ2v) is 5.70. The molecule has 0 bridgehead atoms. The Bertz CT molecular complexity index is 390. The number of aromatic nitrogens is 2. The maximum absolute atomic E-state index is 11.8. The maximum Gasteiger partial charge on any atom is 0.254 e. The molecular weight excluding hydrogens is 246 g/mol. The molecule has 0 radical (unpaired) electrons. The van der Waals surface area contributed by atoms with Crippen LogP contribution < -0.4 is 5.32 Å². The molecule has 0 saturated heterocycles. The molecule has 1 fully saturated rings. The quantitative estimate of drug-likeness (QED) is 0.768. The summed E-state index contributed by atoms with van der Waals surface area (Å²) in [7, 11) is 0. The molecule has 0 aliphatic heterocycles. The third kappa shape index (κ3) is 3.98. The first-order valence-electron chi connectivity index (χ1n) is 6.49. The van der Waals surface area contributed by atoms with Gasteiger partial charge in [0.05, 0.1) is 5.56 Å². The lowest BCUT2D eigenvalue weighted by atomic mass is 10.3. The SMILES string of the molecule is CCCSCCNC(=O)c1cnc(C2CC2)nc1. The minimum Gasteiger partial charge on any atom is -0.351 e. The van der Waals surface area contributed by atoms with Crippen LogP contribution in [0.5, 0.6) is 0 Å². The number of nitrogens with zero attached hydrogens (tertiary/aromatic N) is 2. The molecule has 5 heteroatoms. The Morgan fingerprint density at radius 3 is 2.72 bits per heavy atom. The van der Waals surface area contributed by atoms with E-state index in [2.05, 4.69) is 22.2 Å². The summed E-state index contributed by atoms with van der Waals surface area (Å²) in [6, 6.07) is 0. The lowest BCUT2D eigenvalue weighted by molar-refractivity contribution is 0.0955. The van der Waals surface area contributed by atoms with Crippen LogP contribution in [0.15, 0.2) is 12.4 Å². The lowest BCUT2D eigenvalue weighted by Gasteiger charge is -2.04. The summed E-state index contributed by atoms with van der Waals surface area (Å²) in [5, 5.41) is 2.88. The average molecular weight is 265 g/mol. The fourth-order valence-corrected chi connectivity index (χ4v) is 2.33. The summed E-state index contributed by atoms with van der Waals surface area (Å²) >= 11 is 1.86. The van der Waals surface area contributed by atoms with Crippen LogP contribution in [0.4, 0.5) is 0 Å². The molecule has 1 aromatic rings. The summed E-state index contributed by atoms with van der Waals surface area (Å²) in [5.74, 6) is 3.45. The summed E-state index contributed by atoms with van der Waals surface area (Å²) < 4.78 is 0. The molecule has 1 saturated carbocycles. The maximum atomic E-state index is 11.8. The van der Waals surface area contributed by atoms with Crippen LogP contribution in [0.1, 0.15) is 48.3 Å². The van der Waals surface area contributed by atoms with Crippen molar-refractivity contribution in [3.63, 3.8) is 0 Å². The van der Waals surface area contributed by atoms with E-state index in [9.17, 15) is 4.79 Å². The van der Waals surface area contributed by atoms with E-state index in [1.54, 1.807) is 12.4 Å². The first kappa shape index (κ1) is 13.3. The molecule has 0 spiro atoms. The van der Waals surface area contributed by atoms with Gasteiger partial charge in [-0.3, -0.25) is 4.79 Å². The minimum atomic E-state index is -0.0746. The van der Waals surface area contributed by atoms with Crippen molar-refractivity contribution in [2.75, 3.05) is 18.1 Å². The number of amides is 1. The largest absolute Gasteiger partial charge is 0.351 e. The van der Waals surface area contributed by atoms with Crippen LogP contribution in [0.2, 0.25) is 0 Å². The van der Waals surface area contributed by atoms with Gasteiger partial charge in [0.25, 0.3) is 5.91 Å². The van der Waals surface area contributed by atoms with Gasteiger partial charge in [0.1, 0.15) is 5.82 Å². The Morgan fingerprint density at radius 2 is 2.11 bits per heavy atom. The monoisotopic (exact) mass is 265 g/mol. The van der Waals surface area contributed by atoms with Crippen molar-refractivity contribution in [2.24, 2.45) is 0 Å². The first-order chi connectivity index (χ1) is 8.81. The van der Waals surface area contributed by atoms with Crippen LogP contribution in [-0.4, -0.2) is 33.9 Å². The normalized spacial score (nSPS) is 14.5. The van der Waals surface area contributed by atoms with Gasteiger partial charge in [-0.25, -0.2) is 9.97 Å². The van der Waals surface area contributed by atoms with Crippen molar-refractivity contribution >= 4 is 17.7 Å². The van der Waals surface area contributed by atoms with Gasteiger partial charge in [-0.1, -0.05) is 6.92 Å². The molecule has 1 aromatic heterocycles. The van der Waals surface area contributed by atoms with Gasteiger partial charge in [0, 0.05) is 30.6 Å². The molecule has 1 heterocycles. The second kappa shape index (κ2) is 6.73. The molecule has 4 nitrogen and oxygen atoms in total. The molecular formula is C13H19N3OS. The Labute approximate surface area is 112 Å². The van der Waals surface area contributed by atoms with Gasteiger partial charge in [0.2, 0.25) is 0 Å². The zero-order valence-corrected chi connectivity index (χ0v) is 11.5. The molecule has 1 N–H and O–H groups in total. The Hall–Kier alpha value is -1.10. The number of rotatable bonds is 7. The smallest absolute Gasteiger partial charge is 0.254 e. The van der Waals surface area contributed by atoms with E-state index < -0.39 is 0 Å². The molecule has 0 unspecified atom stereocenters. The van der Waals surface area contributed by atoms with Crippen molar-refractivity contribution < 1.29 is 4.79 Å². The lowest BCUT2D eigenvalue weighted by Crippen LogP contribution is -2.26. The van der Waals surface area contributed by atoms with E-state index in [0.717, 1.165) is 17.3 Å². The second-order valence-electron chi connectivity index (χ2n) is 4.47. The van der Waals surface area contributed by atoms with Gasteiger partial charge in [-0.05, 0) is 25.0 Å². The van der Waals surface area contributed by atoms with Crippen LogP contribution >= 0.6 is 11.8 Å². The molecule has 2 rings (SSSR count). The minimum absolute atomic E-state index is 0.0746. The molecule has 0 atom stereocenters. The van der Waals surface area contributed by atoms with Crippen LogP contribution in [0, 0.1) is 0 Å². The summed E-state index contributed by atoms with van der Waals surface area (Å²) in [5.41, 5.74) is 0.555. The van der Waals surface area contributed by atoms with Gasteiger partial charge < -0.3 is 5.32 Å². The molecule has 1 amide bonds. The van der Waals surface area contributed by atoms with E-state index in [1.165, 1.54) is 19.3 Å². The van der Waals surface area contributed by atoms with Crippen LogP contribution in [0.25, 0.3) is 0 Å². The van der Waals surface area contributed by atoms with Crippen LogP contribution in [-0.2, 0) is 0 Å². The van der Waals surface area contributed by atoms with E-state index in [0.29, 0.717) is 18.0 Å². The molecule has 1 aliphatic carbocycles. The summed E-state index contributed by atoms with van der Waals surface area (Å²) in [4.78, 5) is 20.3. The van der Waals surface area contributed by atoms with Gasteiger partial charge in [-0.15, -0.1) is 0 Å². The third-order valence-corrected chi connectivity index (χ3v) is 3.95. The zero-order chi connectivity index (χ0) is 12.8. The highest BCUT2D eigenvalue weighted by Gasteiger charge is 2.26. The third-order valence-electron chi connectivity index (χ3n) is 2.76. The zero-order valence-electron chi connectivity index (χ0n) is 10.7. The Morgan fingerprint density at radius 1 is 1.39 bits per heavy atom. The highest BCUT2D eigenvalue weighted by molar-refractivity contribution is 7.99.